The smallest absolute Gasteiger partial charge is 0.216 e. The lowest BCUT2D eigenvalue weighted by Crippen LogP contribution is -1.99. The Balaban J connectivity index is 1.60. The highest BCUT2D eigenvalue weighted by atomic mass is 35.5. The Morgan fingerprint density at radius 2 is 1.90 bits per heavy atom. The number of ether oxygens (including phenoxy) is 2. The first kappa shape index (κ1) is 20.8. The number of aromatic amines is 1. The van der Waals surface area contributed by atoms with E-state index in [9.17, 15) is 0 Å². The molecule has 0 radical (unpaired) electrons. The van der Waals surface area contributed by atoms with Crippen LogP contribution in [0.2, 0.25) is 5.02 Å². The first-order chi connectivity index (χ1) is 15.1. The molecule has 1 heterocycles. The van der Waals surface area contributed by atoms with Gasteiger partial charge >= 0.3 is 0 Å². The van der Waals surface area contributed by atoms with E-state index in [0.717, 1.165) is 16.7 Å². The Labute approximate surface area is 189 Å². The van der Waals surface area contributed by atoms with Crippen LogP contribution in [0, 0.1) is 4.77 Å². The molecule has 0 atom stereocenters. The summed E-state index contributed by atoms with van der Waals surface area (Å²) in [6.07, 6.45) is 1.69. The number of aromatic nitrogens is 3. The molecule has 0 bridgehead atoms. The maximum Gasteiger partial charge on any atom is 0.216 e. The van der Waals surface area contributed by atoms with E-state index in [2.05, 4.69) is 15.3 Å². The Bertz CT molecular complexity index is 1270. The number of nitrogens with one attached hydrogen (secondary N) is 1. The van der Waals surface area contributed by atoms with Gasteiger partial charge in [0.25, 0.3) is 0 Å². The van der Waals surface area contributed by atoms with E-state index < -0.39 is 0 Å². The monoisotopic (exact) mass is 450 g/mol. The normalized spacial score (nSPS) is 11.0. The maximum atomic E-state index is 6.11. The van der Waals surface area contributed by atoms with Gasteiger partial charge in [-0.1, -0.05) is 54.1 Å². The molecule has 0 spiro atoms. The fourth-order valence-electron chi connectivity index (χ4n) is 2.96. The highest BCUT2D eigenvalue weighted by Gasteiger charge is 2.09. The zero-order chi connectivity index (χ0) is 21.6. The number of hydrogen-bond donors (Lipinski definition) is 1. The van der Waals surface area contributed by atoms with Gasteiger partial charge in [-0.15, -0.1) is 0 Å². The van der Waals surface area contributed by atoms with E-state index in [1.807, 2.05) is 60.7 Å². The molecule has 0 aliphatic heterocycles. The van der Waals surface area contributed by atoms with Crippen LogP contribution in [0.15, 0.2) is 77.9 Å². The van der Waals surface area contributed by atoms with Gasteiger partial charge in [-0.2, -0.15) is 14.9 Å². The maximum absolute atomic E-state index is 6.11. The number of H-pyrrole nitrogens is 1. The first-order valence-electron chi connectivity index (χ1n) is 9.46. The van der Waals surface area contributed by atoms with Crippen LogP contribution in [0.1, 0.15) is 11.1 Å². The zero-order valence-corrected chi connectivity index (χ0v) is 18.2. The van der Waals surface area contributed by atoms with Crippen LogP contribution in [-0.2, 0) is 6.61 Å². The summed E-state index contributed by atoms with van der Waals surface area (Å²) in [6, 6.07) is 22.9. The fraction of sp³-hybridized carbons (Fsp3) is 0.0870. The van der Waals surface area contributed by atoms with Crippen LogP contribution in [0.5, 0.6) is 11.5 Å². The van der Waals surface area contributed by atoms with Crippen LogP contribution in [-0.4, -0.2) is 28.2 Å². The van der Waals surface area contributed by atoms with Gasteiger partial charge in [0.1, 0.15) is 6.61 Å². The van der Waals surface area contributed by atoms with Crippen molar-refractivity contribution in [3.63, 3.8) is 0 Å². The molecule has 3 aromatic carbocycles. The largest absolute Gasteiger partial charge is 0.493 e. The van der Waals surface area contributed by atoms with Crippen molar-refractivity contribution in [1.29, 1.82) is 0 Å². The fourth-order valence-corrected chi connectivity index (χ4v) is 3.33. The van der Waals surface area contributed by atoms with Crippen LogP contribution in [0.25, 0.3) is 11.4 Å². The predicted octanol–water partition coefficient (Wildman–Crippen LogP) is 5.73. The lowest BCUT2D eigenvalue weighted by atomic mass is 10.2. The van der Waals surface area contributed by atoms with E-state index in [1.54, 1.807) is 30.1 Å². The van der Waals surface area contributed by atoms with Gasteiger partial charge in [0.05, 0.1) is 13.3 Å². The van der Waals surface area contributed by atoms with E-state index in [-0.39, 0.29) is 0 Å². The van der Waals surface area contributed by atoms with Crippen molar-refractivity contribution in [3.05, 3.63) is 93.7 Å². The Morgan fingerprint density at radius 1 is 1.06 bits per heavy atom. The molecule has 0 aliphatic carbocycles. The number of nitrogens with zero attached hydrogens (tertiary/aromatic N) is 3. The predicted molar refractivity (Wildman–Crippen MR) is 125 cm³/mol. The van der Waals surface area contributed by atoms with Gasteiger partial charge in [0, 0.05) is 10.6 Å². The second-order valence-electron chi connectivity index (χ2n) is 6.60. The van der Waals surface area contributed by atoms with E-state index >= 15 is 0 Å². The summed E-state index contributed by atoms with van der Waals surface area (Å²) in [4.78, 5) is 0. The Hall–Kier alpha value is -3.42. The lowest BCUT2D eigenvalue weighted by molar-refractivity contribution is 0.284. The zero-order valence-electron chi connectivity index (χ0n) is 16.7. The summed E-state index contributed by atoms with van der Waals surface area (Å²) in [5.41, 5.74) is 2.70. The minimum Gasteiger partial charge on any atom is -0.493 e. The van der Waals surface area contributed by atoms with Crippen molar-refractivity contribution in [2.75, 3.05) is 7.11 Å². The molecule has 0 saturated carbocycles. The third kappa shape index (κ3) is 5.02. The average molecular weight is 451 g/mol. The van der Waals surface area contributed by atoms with Crippen LogP contribution >= 0.6 is 23.8 Å². The Morgan fingerprint density at radius 3 is 2.68 bits per heavy atom. The van der Waals surface area contributed by atoms with Gasteiger partial charge < -0.3 is 9.47 Å². The summed E-state index contributed by atoms with van der Waals surface area (Å²) in [7, 11) is 1.61. The molecule has 4 rings (SSSR count). The van der Waals surface area contributed by atoms with Crippen LogP contribution in [0.4, 0.5) is 0 Å². The molecule has 0 saturated heterocycles. The van der Waals surface area contributed by atoms with Crippen molar-refractivity contribution in [3.8, 4) is 22.9 Å². The first-order valence-corrected chi connectivity index (χ1v) is 10.2. The molecule has 0 fully saturated rings. The molecular formula is C23H19ClN4O2S. The minimum absolute atomic E-state index is 0.375. The molecule has 31 heavy (non-hydrogen) atoms. The molecular weight excluding hydrogens is 432 g/mol. The third-order valence-corrected chi connectivity index (χ3v) is 4.98. The molecule has 4 aromatic rings. The van der Waals surface area contributed by atoms with Gasteiger partial charge in [0.2, 0.25) is 4.77 Å². The Kier molecular flexibility index (Phi) is 6.45. The summed E-state index contributed by atoms with van der Waals surface area (Å²) in [5.74, 6) is 1.84. The van der Waals surface area contributed by atoms with Gasteiger partial charge in [-0.05, 0) is 53.7 Å². The number of hydrogen-bond acceptors (Lipinski definition) is 5. The summed E-state index contributed by atoms with van der Waals surface area (Å²) >= 11 is 11.4. The highest BCUT2D eigenvalue weighted by Crippen LogP contribution is 2.28. The second kappa shape index (κ2) is 9.59. The van der Waals surface area contributed by atoms with Gasteiger partial charge in [0.15, 0.2) is 17.3 Å². The van der Waals surface area contributed by atoms with Crippen molar-refractivity contribution in [2.24, 2.45) is 5.10 Å². The molecule has 0 amide bonds. The quantitative estimate of drug-likeness (QED) is 0.288. The molecule has 8 heteroatoms. The summed E-state index contributed by atoms with van der Waals surface area (Å²) < 4.78 is 13.3. The van der Waals surface area contributed by atoms with E-state index in [4.69, 9.17) is 33.3 Å². The summed E-state index contributed by atoms with van der Waals surface area (Å²) in [5, 5.41) is 12.2. The van der Waals surface area contributed by atoms with Gasteiger partial charge in [-0.3, -0.25) is 0 Å². The van der Waals surface area contributed by atoms with Crippen molar-refractivity contribution in [2.45, 2.75) is 6.61 Å². The molecule has 0 aliphatic rings. The SMILES string of the molecule is COc1ccc(/C=N\n2c(-c3cccc(Cl)c3)n[nH]c2=S)cc1OCc1ccccc1. The number of benzene rings is 3. The minimum atomic E-state index is 0.375. The lowest BCUT2D eigenvalue weighted by Gasteiger charge is -2.11. The van der Waals surface area contributed by atoms with E-state index in [0.29, 0.717) is 33.7 Å². The third-order valence-electron chi connectivity index (χ3n) is 4.48. The molecule has 0 unspecified atom stereocenters. The molecule has 156 valence electrons. The molecule has 1 N–H and O–H groups in total. The van der Waals surface area contributed by atoms with Crippen LogP contribution < -0.4 is 9.47 Å². The highest BCUT2D eigenvalue weighted by molar-refractivity contribution is 7.71. The second-order valence-corrected chi connectivity index (χ2v) is 7.43. The van der Waals surface area contributed by atoms with Crippen molar-refractivity contribution < 1.29 is 9.47 Å². The number of halogens is 1. The van der Waals surface area contributed by atoms with Crippen LogP contribution in [0.3, 0.4) is 0 Å². The number of methoxy groups -OCH3 is 1. The van der Waals surface area contributed by atoms with Gasteiger partial charge in [-0.25, -0.2) is 5.10 Å². The molecule has 1 aromatic heterocycles. The topological polar surface area (TPSA) is 64.4 Å². The van der Waals surface area contributed by atoms with Crippen molar-refractivity contribution >= 4 is 30.0 Å². The summed E-state index contributed by atoms with van der Waals surface area (Å²) in [6.45, 7) is 0.434. The van der Waals surface area contributed by atoms with E-state index in [1.165, 1.54) is 0 Å². The standard InChI is InChI=1S/C23H19ClN4O2S/c1-29-20-11-10-17(12-21(20)30-15-16-6-3-2-4-7-16)14-25-28-22(26-27-23(28)31)18-8-5-9-19(24)13-18/h2-14H,15H2,1H3,(H,27,31)/b25-14-. The van der Waals surface area contributed by atoms with Crippen molar-refractivity contribution in [1.82, 2.24) is 14.9 Å². The average Bonchev–Trinajstić information content (AvgIpc) is 3.17. The number of rotatable bonds is 7. The molecule has 6 nitrogen and oxygen atoms in total.